The molecule has 0 aliphatic heterocycles. The van der Waals surface area contributed by atoms with E-state index in [1.54, 1.807) is 18.3 Å². The SMILES string of the molecule is CC(C)c1nc(=S)cc(-c2ccncc2F)[nH]1. The number of aromatic nitrogens is 3. The molecule has 5 heteroatoms. The number of H-pyrrole nitrogens is 1. The Kier molecular flexibility index (Phi) is 3.28. The van der Waals surface area contributed by atoms with Crippen LogP contribution in [-0.4, -0.2) is 15.0 Å². The number of hydrogen-bond donors (Lipinski definition) is 1. The lowest BCUT2D eigenvalue weighted by atomic mass is 10.1. The predicted octanol–water partition coefficient (Wildman–Crippen LogP) is 3.46. The Hall–Kier alpha value is -1.62. The minimum Gasteiger partial charge on any atom is -0.343 e. The zero-order valence-corrected chi connectivity index (χ0v) is 10.4. The molecule has 0 saturated carbocycles. The van der Waals surface area contributed by atoms with Gasteiger partial charge in [-0.1, -0.05) is 26.1 Å². The van der Waals surface area contributed by atoms with Gasteiger partial charge >= 0.3 is 0 Å². The molecule has 0 saturated heterocycles. The van der Waals surface area contributed by atoms with Gasteiger partial charge in [-0.25, -0.2) is 9.37 Å². The van der Waals surface area contributed by atoms with Gasteiger partial charge in [0.05, 0.1) is 11.9 Å². The molecule has 0 fully saturated rings. The van der Waals surface area contributed by atoms with E-state index in [0.717, 1.165) is 5.82 Å². The van der Waals surface area contributed by atoms with Crippen LogP contribution >= 0.6 is 12.2 Å². The zero-order valence-electron chi connectivity index (χ0n) is 9.57. The Bertz CT molecular complexity index is 592. The van der Waals surface area contributed by atoms with Crippen LogP contribution in [-0.2, 0) is 0 Å². The average Bonchev–Trinajstić information content (AvgIpc) is 2.28. The summed E-state index contributed by atoms with van der Waals surface area (Å²) in [5.41, 5.74) is 1.09. The van der Waals surface area contributed by atoms with Gasteiger partial charge in [0.2, 0.25) is 0 Å². The van der Waals surface area contributed by atoms with Crippen molar-refractivity contribution in [2.75, 3.05) is 0 Å². The van der Waals surface area contributed by atoms with Gasteiger partial charge in [0, 0.05) is 17.7 Å². The quantitative estimate of drug-likeness (QED) is 0.829. The highest BCUT2D eigenvalue weighted by Crippen LogP contribution is 2.21. The fourth-order valence-corrected chi connectivity index (χ4v) is 1.70. The maximum Gasteiger partial charge on any atom is 0.150 e. The fraction of sp³-hybridized carbons (Fsp3) is 0.250. The number of rotatable bonds is 2. The van der Waals surface area contributed by atoms with Crippen LogP contribution in [0, 0.1) is 10.5 Å². The summed E-state index contributed by atoms with van der Waals surface area (Å²) in [6, 6.07) is 3.26. The number of pyridine rings is 1. The summed E-state index contributed by atoms with van der Waals surface area (Å²) in [5.74, 6) is 0.587. The highest BCUT2D eigenvalue weighted by Gasteiger charge is 2.08. The predicted molar refractivity (Wildman–Crippen MR) is 66.7 cm³/mol. The summed E-state index contributed by atoms with van der Waals surface area (Å²) in [7, 11) is 0. The summed E-state index contributed by atoms with van der Waals surface area (Å²) in [6.07, 6.45) is 2.73. The van der Waals surface area contributed by atoms with E-state index in [0.29, 0.717) is 15.9 Å². The Labute approximate surface area is 104 Å². The van der Waals surface area contributed by atoms with Crippen molar-refractivity contribution in [3.05, 3.63) is 40.8 Å². The maximum atomic E-state index is 13.6. The molecule has 0 radical (unpaired) electrons. The summed E-state index contributed by atoms with van der Waals surface area (Å²) in [4.78, 5) is 11.0. The van der Waals surface area contributed by atoms with Gasteiger partial charge in [0.1, 0.15) is 10.5 Å². The number of hydrogen-bond acceptors (Lipinski definition) is 3. The van der Waals surface area contributed by atoms with Crippen LogP contribution in [0.5, 0.6) is 0 Å². The first kappa shape index (κ1) is 11.9. The van der Waals surface area contributed by atoms with Crippen LogP contribution < -0.4 is 0 Å². The molecule has 0 bridgehead atoms. The number of nitrogens with one attached hydrogen (secondary N) is 1. The van der Waals surface area contributed by atoms with E-state index in [9.17, 15) is 4.39 Å². The first-order valence-electron chi connectivity index (χ1n) is 5.29. The monoisotopic (exact) mass is 249 g/mol. The van der Waals surface area contributed by atoms with Crippen molar-refractivity contribution >= 4 is 12.2 Å². The van der Waals surface area contributed by atoms with Crippen LogP contribution in [0.4, 0.5) is 4.39 Å². The van der Waals surface area contributed by atoms with Gasteiger partial charge in [-0.15, -0.1) is 0 Å². The molecule has 2 heterocycles. The lowest BCUT2D eigenvalue weighted by Gasteiger charge is -2.08. The molecule has 0 aliphatic carbocycles. The average molecular weight is 249 g/mol. The van der Waals surface area contributed by atoms with Gasteiger partial charge in [-0.3, -0.25) is 4.98 Å². The minimum absolute atomic E-state index is 0.210. The molecule has 0 spiro atoms. The smallest absolute Gasteiger partial charge is 0.150 e. The summed E-state index contributed by atoms with van der Waals surface area (Å²) < 4.78 is 14.1. The Morgan fingerprint density at radius 2 is 2.18 bits per heavy atom. The second-order valence-electron chi connectivity index (χ2n) is 4.03. The second kappa shape index (κ2) is 4.71. The standard InChI is InChI=1S/C12H12FN3S/c1-7(2)12-15-10(5-11(17)16-12)8-3-4-14-6-9(8)13/h3-7H,1-2H3,(H,15,16,17). The van der Waals surface area contributed by atoms with Gasteiger partial charge in [-0.05, 0) is 12.1 Å². The minimum atomic E-state index is -0.376. The van der Waals surface area contributed by atoms with Crippen LogP contribution in [0.1, 0.15) is 25.6 Å². The van der Waals surface area contributed by atoms with Gasteiger partial charge in [-0.2, -0.15) is 0 Å². The third-order valence-corrected chi connectivity index (χ3v) is 2.58. The first-order chi connectivity index (χ1) is 8.08. The number of aromatic amines is 1. The Morgan fingerprint density at radius 1 is 1.41 bits per heavy atom. The van der Waals surface area contributed by atoms with E-state index in [-0.39, 0.29) is 11.7 Å². The van der Waals surface area contributed by atoms with Crippen molar-refractivity contribution in [1.82, 2.24) is 15.0 Å². The largest absolute Gasteiger partial charge is 0.343 e. The third kappa shape index (κ3) is 2.55. The van der Waals surface area contributed by atoms with E-state index >= 15 is 0 Å². The van der Waals surface area contributed by atoms with E-state index < -0.39 is 0 Å². The van der Waals surface area contributed by atoms with Crippen molar-refractivity contribution in [3.63, 3.8) is 0 Å². The third-order valence-electron chi connectivity index (χ3n) is 2.37. The van der Waals surface area contributed by atoms with Crippen molar-refractivity contribution in [2.45, 2.75) is 19.8 Å². The van der Waals surface area contributed by atoms with Crippen LogP contribution in [0.25, 0.3) is 11.3 Å². The first-order valence-corrected chi connectivity index (χ1v) is 5.70. The highest BCUT2D eigenvalue weighted by molar-refractivity contribution is 7.71. The molecule has 0 unspecified atom stereocenters. The Balaban J connectivity index is 2.60. The van der Waals surface area contributed by atoms with Crippen molar-refractivity contribution < 1.29 is 4.39 Å². The molecule has 17 heavy (non-hydrogen) atoms. The molecule has 88 valence electrons. The van der Waals surface area contributed by atoms with Crippen molar-refractivity contribution in [2.24, 2.45) is 0 Å². The molecule has 0 aliphatic rings. The lowest BCUT2D eigenvalue weighted by molar-refractivity contribution is 0.624. The Morgan fingerprint density at radius 3 is 2.82 bits per heavy atom. The van der Waals surface area contributed by atoms with Gasteiger partial charge in [0.15, 0.2) is 5.82 Å². The summed E-state index contributed by atoms with van der Waals surface area (Å²) in [5, 5.41) is 0. The summed E-state index contributed by atoms with van der Waals surface area (Å²) >= 11 is 5.08. The molecule has 2 aromatic rings. The molecule has 2 rings (SSSR count). The van der Waals surface area contributed by atoms with Crippen molar-refractivity contribution in [3.8, 4) is 11.3 Å². The highest BCUT2D eigenvalue weighted by atomic mass is 32.1. The maximum absolute atomic E-state index is 13.6. The molecule has 2 aromatic heterocycles. The molecule has 3 nitrogen and oxygen atoms in total. The molecule has 0 amide bonds. The fourth-order valence-electron chi connectivity index (χ4n) is 1.49. The molecule has 0 atom stereocenters. The van der Waals surface area contributed by atoms with Crippen LogP contribution in [0.2, 0.25) is 0 Å². The zero-order chi connectivity index (χ0) is 12.4. The van der Waals surface area contributed by atoms with Crippen LogP contribution in [0.3, 0.4) is 0 Å². The normalized spacial score (nSPS) is 10.8. The molecule has 1 N–H and O–H groups in total. The molecule has 0 aromatic carbocycles. The van der Waals surface area contributed by atoms with E-state index in [4.69, 9.17) is 12.2 Å². The van der Waals surface area contributed by atoms with Gasteiger partial charge in [0.25, 0.3) is 0 Å². The molecular formula is C12H12FN3S. The summed E-state index contributed by atoms with van der Waals surface area (Å²) in [6.45, 7) is 4.00. The molecular weight excluding hydrogens is 237 g/mol. The van der Waals surface area contributed by atoms with E-state index in [2.05, 4.69) is 15.0 Å². The van der Waals surface area contributed by atoms with Crippen LogP contribution in [0.15, 0.2) is 24.5 Å². The number of halogens is 1. The van der Waals surface area contributed by atoms with Crippen molar-refractivity contribution in [1.29, 1.82) is 0 Å². The topological polar surface area (TPSA) is 41.6 Å². The number of nitrogens with zero attached hydrogens (tertiary/aromatic N) is 2. The van der Waals surface area contributed by atoms with E-state index in [1.807, 2.05) is 13.8 Å². The second-order valence-corrected chi connectivity index (χ2v) is 4.45. The van der Waals surface area contributed by atoms with Gasteiger partial charge < -0.3 is 4.98 Å². The lowest BCUT2D eigenvalue weighted by Crippen LogP contribution is -2.00. The van der Waals surface area contributed by atoms with E-state index in [1.165, 1.54) is 6.20 Å².